The summed E-state index contributed by atoms with van der Waals surface area (Å²) in [6, 6.07) is 23.0. The molecule has 1 aliphatic heterocycles. The summed E-state index contributed by atoms with van der Waals surface area (Å²) in [5.74, 6) is -0.548. The molecule has 1 unspecified atom stereocenters. The number of thiophene rings is 1. The normalized spacial score (nSPS) is 14.5. The topological polar surface area (TPSA) is 114 Å². The summed E-state index contributed by atoms with van der Waals surface area (Å²) >= 11 is 1.46. The van der Waals surface area contributed by atoms with Gasteiger partial charge >= 0.3 is 5.97 Å². The third kappa shape index (κ3) is 8.05. The maximum atomic E-state index is 13.5. The molecule has 0 saturated carbocycles. The second-order valence-electron chi connectivity index (χ2n) is 10.2. The number of hydrogen-bond acceptors (Lipinski definition) is 6. The number of fused-ring (bicyclic) bond motifs is 1. The summed E-state index contributed by atoms with van der Waals surface area (Å²) in [6.45, 7) is 2.15. The van der Waals surface area contributed by atoms with Gasteiger partial charge in [-0.2, -0.15) is 0 Å². The number of nitrogens with one attached hydrogen (secondary N) is 2. The highest BCUT2D eigenvalue weighted by Gasteiger charge is 2.23. The summed E-state index contributed by atoms with van der Waals surface area (Å²) in [4.78, 5) is 38.3. The number of rotatable bonds is 11. The smallest absolute Gasteiger partial charge is 0.328 e. The summed E-state index contributed by atoms with van der Waals surface area (Å²) in [5.41, 5.74) is 1.93. The Bertz CT molecular complexity index is 1560. The fourth-order valence-electron chi connectivity index (χ4n) is 4.74. The van der Waals surface area contributed by atoms with Gasteiger partial charge < -0.3 is 25.2 Å². The van der Waals surface area contributed by atoms with Crippen LogP contribution in [0.25, 0.3) is 16.2 Å². The van der Waals surface area contributed by atoms with Crippen LogP contribution in [0.5, 0.6) is 5.75 Å². The van der Waals surface area contributed by atoms with E-state index in [-0.39, 0.29) is 11.8 Å². The number of hydrogen-bond donors (Lipinski definition) is 3. The van der Waals surface area contributed by atoms with Crippen LogP contribution in [0.1, 0.15) is 33.6 Å². The molecule has 0 bridgehead atoms. The minimum absolute atomic E-state index is 0.315. The molecule has 1 aromatic heterocycles. The van der Waals surface area contributed by atoms with Crippen molar-refractivity contribution < 1.29 is 29.0 Å². The lowest BCUT2D eigenvalue weighted by Crippen LogP contribution is -2.45. The Labute approximate surface area is 248 Å². The van der Waals surface area contributed by atoms with Crippen LogP contribution in [0.2, 0.25) is 0 Å². The minimum atomic E-state index is -1.01. The molecule has 8 nitrogen and oxygen atoms in total. The standard InChI is InChI=1S/C33H32N2O6S/c36-31(37)13-11-28-20-25-19-26(8-12-30(25)42-28)34-33(39)29(18-22-4-2-1-3-5-22)35-32(38)24-6-9-27(10-7-24)41-21-23-14-16-40-17-15-23/h1-13,19-20,23,29H,14-18,21H2,(H,34,39)(H,35,38)(H,36,37)/b13-11+. The first kappa shape index (κ1) is 29.0. The number of carboxylic acids is 1. The van der Waals surface area contributed by atoms with E-state index >= 15 is 0 Å². The van der Waals surface area contributed by atoms with Gasteiger partial charge in [0.2, 0.25) is 5.91 Å². The van der Waals surface area contributed by atoms with Crippen molar-refractivity contribution in [1.29, 1.82) is 0 Å². The zero-order valence-electron chi connectivity index (χ0n) is 23.0. The van der Waals surface area contributed by atoms with E-state index in [0.717, 1.165) is 52.7 Å². The molecule has 1 saturated heterocycles. The summed E-state index contributed by atoms with van der Waals surface area (Å²) in [6.07, 6.45) is 4.92. The van der Waals surface area contributed by atoms with Gasteiger partial charge in [0.1, 0.15) is 11.8 Å². The largest absolute Gasteiger partial charge is 0.493 e. The van der Waals surface area contributed by atoms with E-state index < -0.39 is 12.0 Å². The van der Waals surface area contributed by atoms with Crippen molar-refractivity contribution in [1.82, 2.24) is 5.32 Å². The molecule has 1 atom stereocenters. The third-order valence-electron chi connectivity index (χ3n) is 7.04. The molecule has 1 fully saturated rings. The Balaban J connectivity index is 1.26. The first-order valence-corrected chi connectivity index (χ1v) is 14.7. The molecule has 1 aliphatic rings. The van der Waals surface area contributed by atoms with Gasteiger partial charge in [-0.05, 0) is 84.3 Å². The predicted octanol–water partition coefficient (Wildman–Crippen LogP) is 5.78. The van der Waals surface area contributed by atoms with E-state index in [9.17, 15) is 14.4 Å². The Morgan fingerprint density at radius 2 is 1.76 bits per heavy atom. The van der Waals surface area contributed by atoms with Crippen molar-refractivity contribution in [3.05, 3.63) is 101 Å². The van der Waals surface area contributed by atoms with E-state index in [1.165, 1.54) is 11.3 Å². The molecule has 9 heteroatoms. The van der Waals surface area contributed by atoms with Crippen molar-refractivity contribution >= 4 is 51.0 Å². The number of aliphatic carboxylic acids is 1. The second kappa shape index (κ2) is 13.9. The maximum Gasteiger partial charge on any atom is 0.328 e. The van der Waals surface area contributed by atoms with Gasteiger partial charge in [0.25, 0.3) is 5.91 Å². The highest BCUT2D eigenvalue weighted by atomic mass is 32.1. The van der Waals surface area contributed by atoms with Crippen molar-refractivity contribution in [2.75, 3.05) is 25.1 Å². The third-order valence-corrected chi connectivity index (χ3v) is 8.12. The van der Waals surface area contributed by atoms with E-state index in [0.29, 0.717) is 35.9 Å². The van der Waals surface area contributed by atoms with Gasteiger partial charge in [-0.1, -0.05) is 30.3 Å². The van der Waals surface area contributed by atoms with Gasteiger partial charge in [-0.15, -0.1) is 11.3 Å². The van der Waals surface area contributed by atoms with Crippen molar-refractivity contribution in [3.8, 4) is 5.75 Å². The van der Waals surface area contributed by atoms with Crippen LogP contribution in [0, 0.1) is 5.92 Å². The Morgan fingerprint density at radius 3 is 2.50 bits per heavy atom. The number of carbonyl (C=O) groups excluding carboxylic acids is 2. The molecular formula is C33H32N2O6S. The zero-order valence-corrected chi connectivity index (χ0v) is 23.8. The molecule has 3 N–H and O–H groups in total. The fourth-order valence-corrected chi connectivity index (χ4v) is 5.68. The van der Waals surface area contributed by atoms with Crippen LogP contribution in [-0.2, 0) is 20.7 Å². The number of carboxylic acid groups (broad SMARTS) is 1. The van der Waals surface area contributed by atoms with Crippen molar-refractivity contribution in [2.24, 2.45) is 5.92 Å². The van der Waals surface area contributed by atoms with E-state index in [1.807, 2.05) is 48.5 Å². The maximum absolute atomic E-state index is 13.5. The molecule has 0 radical (unpaired) electrons. The lowest BCUT2D eigenvalue weighted by molar-refractivity contribution is -0.131. The summed E-state index contributed by atoms with van der Waals surface area (Å²) < 4.78 is 12.3. The highest BCUT2D eigenvalue weighted by Crippen LogP contribution is 2.29. The SMILES string of the molecule is O=C(O)/C=C/c1cc2cc(NC(=O)C(Cc3ccccc3)NC(=O)c3ccc(OCC4CCOCC4)cc3)ccc2s1. The molecule has 0 aliphatic carbocycles. The first-order valence-electron chi connectivity index (χ1n) is 13.8. The van der Waals surface area contributed by atoms with Gasteiger partial charge in [-0.25, -0.2) is 4.79 Å². The first-order chi connectivity index (χ1) is 20.4. The molecular weight excluding hydrogens is 552 g/mol. The van der Waals surface area contributed by atoms with E-state index in [1.54, 1.807) is 36.4 Å². The average molecular weight is 585 g/mol. The van der Waals surface area contributed by atoms with Gasteiger partial charge in [0, 0.05) is 46.5 Å². The van der Waals surface area contributed by atoms with E-state index in [2.05, 4.69) is 10.6 Å². The molecule has 42 heavy (non-hydrogen) atoms. The number of ether oxygens (including phenoxy) is 2. The quantitative estimate of drug-likeness (QED) is 0.193. The zero-order chi connectivity index (χ0) is 29.3. The predicted molar refractivity (Wildman–Crippen MR) is 164 cm³/mol. The molecule has 5 rings (SSSR count). The van der Waals surface area contributed by atoms with Crippen LogP contribution in [0.4, 0.5) is 5.69 Å². The number of benzene rings is 3. The minimum Gasteiger partial charge on any atom is -0.493 e. The Kier molecular flexibility index (Phi) is 9.63. The second-order valence-corrected chi connectivity index (χ2v) is 11.3. The highest BCUT2D eigenvalue weighted by molar-refractivity contribution is 7.19. The molecule has 0 spiro atoms. The van der Waals surface area contributed by atoms with Crippen LogP contribution >= 0.6 is 11.3 Å². The molecule has 2 heterocycles. The van der Waals surface area contributed by atoms with Crippen LogP contribution in [-0.4, -0.2) is 48.8 Å². The average Bonchev–Trinajstić information content (AvgIpc) is 3.42. The van der Waals surface area contributed by atoms with Crippen LogP contribution < -0.4 is 15.4 Å². The lowest BCUT2D eigenvalue weighted by atomic mass is 10.0. The lowest BCUT2D eigenvalue weighted by Gasteiger charge is -2.22. The van der Waals surface area contributed by atoms with Crippen molar-refractivity contribution in [2.45, 2.75) is 25.3 Å². The number of carbonyl (C=O) groups is 3. The van der Waals surface area contributed by atoms with Gasteiger partial charge in [0.05, 0.1) is 6.61 Å². The Morgan fingerprint density at radius 1 is 1.00 bits per heavy atom. The van der Waals surface area contributed by atoms with Crippen LogP contribution in [0.3, 0.4) is 0 Å². The van der Waals surface area contributed by atoms with Gasteiger partial charge in [-0.3, -0.25) is 9.59 Å². The summed E-state index contributed by atoms with van der Waals surface area (Å²) in [5, 5.41) is 15.6. The summed E-state index contributed by atoms with van der Waals surface area (Å²) in [7, 11) is 0. The molecule has 3 aromatic carbocycles. The van der Waals surface area contributed by atoms with Gasteiger partial charge in [0.15, 0.2) is 0 Å². The number of anilines is 1. The van der Waals surface area contributed by atoms with Crippen LogP contribution in [0.15, 0.2) is 84.9 Å². The van der Waals surface area contributed by atoms with Crippen molar-refractivity contribution in [3.63, 3.8) is 0 Å². The van der Waals surface area contributed by atoms with E-state index in [4.69, 9.17) is 14.6 Å². The fraction of sp³-hybridized carbons (Fsp3) is 0.242. The monoisotopic (exact) mass is 584 g/mol. The Hall–Kier alpha value is -4.47. The molecule has 4 aromatic rings. The number of amides is 2. The molecule has 2 amide bonds. The molecule has 216 valence electrons.